The van der Waals surface area contributed by atoms with Gasteiger partial charge in [0.05, 0.1) is 36.2 Å². The van der Waals surface area contributed by atoms with Gasteiger partial charge in [0.2, 0.25) is 0 Å². The average molecular weight is 440 g/mol. The van der Waals surface area contributed by atoms with Gasteiger partial charge in [0.15, 0.2) is 11.5 Å². The molecule has 0 saturated carbocycles. The molecule has 5 aromatic heterocycles. The standard InChI is InChI=1S/C23H17FN8O/c1-32-11-13(9-27-32)18-8-17-19(10-26-18)30-31-21(17)23-28-20-16(3-4-25-22(20)29-23)12-5-14(24)7-15(6-12)33-2/h3-11H,1-2H3,(H,30,31)(H,25,28,29). The summed E-state index contributed by atoms with van der Waals surface area (Å²) in [7, 11) is 3.37. The smallest absolute Gasteiger partial charge is 0.178 e. The lowest BCUT2D eigenvalue weighted by molar-refractivity contribution is 0.411. The molecule has 10 heteroatoms. The highest BCUT2D eigenvalue weighted by atomic mass is 19.1. The first kappa shape index (κ1) is 19.1. The number of hydrogen-bond donors (Lipinski definition) is 2. The molecule has 9 nitrogen and oxygen atoms in total. The van der Waals surface area contributed by atoms with Crippen LogP contribution in [-0.4, -0.2) is 47.0 Å². The van der Waals surface area contributed by atoms with E-state index in [4.69, 9.17) is 4.74 Å². The van der Waals surface area contributed by atoms with Crippen molar-refractivity contribution in [3.63, 3.8) is 0 Å². The number of halogens is 1. The van der Waals surface area contributed by atoms with Crippen molar-refractivity contribution in [3.05, 3.63) is 60.9 Å². The molecule has 0 spiro atoms. The van der Waals surface area contributed by atoms with Crippen molar-refractivity contribution < 1.29 is 9.13 Å². The van der Waals surface area contributed by atoms with Gasteiger partial charge in [0.25, 0.3) is 0 Å². The third-order valence-corrected chi connectivity index (χ3v) is 5.48. The summed E-state index contributed by atoms with van der Waals surface area (Å²) in [4.78, 5) is 16.9. The summed E-state index contributed by atoms with van der Waals surface area (Å²) in [6, 6.07) is 8.32. The number of fused-ring (bicyclic) bond motifs is 2. The quantitative estimate of drug-likeness (QED) is 0.427. The highest BCUT2D eigenvalue weighted by molar-refractivity contribution is 5.96. The molecule has 33 heavy (non-hydrogen) atoms. The fourth-order valence-corrected chi connectivity index (χ4v) is 3.91. The summed E-state index contributed by atoms with van der Waals surface area (Å²) in [6.07, 6.45) is 7.05. The first-order valence-electron chi connectivity index (χ1n) is 10.1. The number of H-pyrrole nitrogens is 2. The summed E-state index contributed by atoms with van der Waals surface area (Å²) in [6.45, 7) is 0. The maximum absolute atomic E-state index is 14.1. The van der Waals surface area contributed by atoms with Crippen LogP contribution in [-0.2, 0) is 7.05 Å². The molecule has 0 amide bonds. The number of aromatic nitrogens is 8. The summed E-state index contributed by atoms with van der Waals surface area (Å²) >= 11 is 0. The Morgan fingerprint density at radius 1 is 1.06 bits per heavy atom. The Kier molecular flexibility index (Phi) is 4.19. The van der Waals surface area contributed by atoms with E-state index < -0.39 is 0 Å². The Morgan fingerprint density at radius 3 is 2.79 bits per heavy atom. The molecule has 0 aliphatic carbocycles. The number of benzene rings is 1. The molecule has 162 valence electrons. The van der Waals surface area contributed by atoms with Crippen LogP contribution in [0, 0.1) is 5.82 Å². The van der Waals surface area contributed by atoms with E-state index in [0.29, 0.717) is 34.0 Å². The monoisotopic (exact) mass is 440 g/mol. The highest BCUT2D eigenvalue weighted by Crippen LogP contribution is 2.33. The van der Waals surface area contributed by atoms with Crippen LogP contribution in [0.5, 0.6) is 5.75 Å². The molecule has 0 atom stereocenters. The Morgan fingerprint density at radius 2 is 1.97 bits per heavy atom. The van der Waals surface area contributed by atoms with Crippen molar-refractivity contribution in [2.24, 2.45) is 7.05 Å². The Balaban J connectivity index is 1.50. The van der Waals surface area contributed by atoms with E-state index in [-0.39, 0.29) is 5.82 Å². The summed E-state index contributed by atoms with van der Waals surface area (Å²) in [5.41, 5.74) is 5.69. The van der Waals surface area contributed by atoms with Gasteiger partial charge in [-0.2, -0.15) is 10.2 Å². The number of aromatic amines is 2. The maximum atomic E-state index is 14.1. The molecular formula is C23H17FN8O. The number of rotatable bonds is 4. The number of aryl methyl sites for hydroxylation is 1. The van der Waals surface area contributed by atoms with E-state index in [1.807, 2.05) is 25.4 Å². The van der Waals surface area contributed by atoms with Crippen LogP contribution >= 0.6 is 0 Å². The number of nitrogens with zero attached hydrogens (tertiary/aromatic N) is 6. The Hall–Kier alpha value is -4.60. The van der Waals surface area contributed by atoms with E-state index >= 15 is 0 Å². The number of nitrogens with one attached hydrogen (secondary N) is 2. The van der Waals surface area contributed by atoms with Crippen LogP contribution in [0.15, 0.2) is 55.1 Å². The minimum absolute atomic E-state index is 0.386. The van der Waals surface area contributed by atoms with Crippen molar-refractivity contribution in [2.45, 2.75) is 0 Å². The molecule has 0 fully saturated rings. The predicted octanol–water partition coefficient (Wildman–Crippen LogP) is 4.11. The van der Waals surface area contributed by atoms with Gasteiger partial charge >= 0.3 is 0 Å². The molecule has 5 heterocycles. The summed E-state index contributed by atoms with van der Waals surface area (Å²) in [5, 5.41) is 12.5. The lowest BCUT2D eigenvalue weighted by Crippen LogP contribution is -1.88. The zero-order chi connectivity index (χ0) is 22.5. The molecule has 0 unspecified atom stereocenters. The van der Waals surface area contributed by atoms with Crippen molar-refractivity contribution in [1.29, 1.82) is 0 Å². The van der Waals surface area contributed by atoms with E-state index in [2.05, 4.69) is 35.2 Å². The molecule has 6 rings (SSSR count). The average Bonchev–Trinajstić information content (AvgIpc) is 3.55. The van der Waals surface area contributed by atoms with Crippen LogP contribution in [0.4, 0.5) is 4.39 Å². The molecule has 6 aromatic rings. The largest absolute Gasteiger partial charge is 0.497 e. The first-order chi connectivity index (χ1) is 16.1. The Bertz CT molecular complexity index is 1650. The van der Waals surface area contributed by atoms with Gasteiger partial charge in [-0.15, -0.1) is 0 Å². The Labute approximate surface area is 186 Å². The number of hydrogen-bond acceptors (Lipinski definition) is 6. The molecule has 2 N–H and O–H groups in total. The van der Waals surface area contributed by atoms with Crippen molar-refractivity contribution >= 4 is 22.1 Å². The molecule has 1 aromatic carbocycles. The van der Waals surface area contributed by atoms with Crippen LogP contribution in [0.3, 0.4) is 0 Å². The lowest BCUT2D eigenvalue weighted by atomic mass is 10.1. The minimum atomic E-state index is -0.386. The van der Waals surface area contributed by atoms with Crippen molar-refractivity contribution in [3.8, 4) is 39.7 Å². The van der Waals surface area contributed by atoms with E-state index in [0.717, 1.165) is 27.7 Å². The maximum Gasteiger partial charge on any atom is 0.178 e. The second kappa shape index (κ2) is 7.23. The topological polar surface area (TPSA) is 110 Å². The zero-order valence-corrected chi connectivity index (χ0v) is 17.7. The van der Waals surface area contributed by atoms with E-state index in [1.54, 1.807) is 29.3 Å². The van der Waals surface area contributed by atoms with Gasteiger partial charge in [0.1, 0.15) is 17.3 Å². The zero-order valence-electron chi connectivity index (χ0n) is 17.7. The normalized spacial score (nSPS) is 11.5. The van der Waals surface area contributed by atoms with E-state index in [9.17, 15) is 4.39 Å². The van der Waals surface area contributed by atoms with Crippen LogP contribution in [0.25, 0.3) is 56.0 Å². The molecule has 0 saturated heterocycles. The van der Waals surface area contributed by atoms with Gasteiger partial charge < -0.3 is 9.72 Å². The van der Waals surface area contributed by atoms with Gasteiger partial charge in [-0.1, -0.05) is 0 Å². The second-order valence-electron chi connectivity index (χ2n) is 7.61. The van der Waals surface area contributed by atoms with Gasteiger partial charge in [-0.05, 0) is 29.8 Å². The molecule has 0 aliphatic rings. The van der Waals surface area contributed by atoms with E-state index in [1.165, 1.54) is 19.2 Å². The van der Waals surface area contributed by atoms with Crippen molar-refractivity contribution in [2.75, 3.05) is 7.11 Å². The third-order valence-electron chi connectivity index (χ3n) is 5.48. The fraction of sp³-hybridized carbons (Fsp3) is 0.0870. The first-order valence-corrected chi connectivity index (χ1v) is 10.1. The summed E-state index contributed by atoms with van der Waals surface area (Å²) in [5.74, 6) is 0.592. The van der Waals surface area contributed by atoms with Gasteiger partial charge in [0, 0.05) is 42.0 Å². The number of ether oxygens (including phenoxy) is 1. The van der Waals surface area contributed by atoms with Gasteiger partial charge in [-0.25, -0.2) is 14.4 Å². The lowest BCUT2D eigenvalue weighted by Gasteiger charge is -2.06. The van der Waals surface area contributed by atoms with Gasteiger partial charge in [-0.3, -0.25) is 14.8 Å². The van der Waals surface area contributed by atoms with Crippen LogP contribution in [0.1, 0.15) is 0 Å². The minimum Gasteiger partial charge on any atom is -0.497 e. The number of imidazole rings is 1. The molecule has 0 aliphatic heterocycles. The third kappa shape index (κ3) is 3.19. The fourth-order valence-electron chi connectivity index (χ4n) is 3.91. The second-order valence-corrected chi connectivity index (χ2v) is 7.61. The molecular weight excluding hydrogens is 423 g/mol. The summed E-state index contributed by atoms with van der Waals surface area (Å²) < 4.78 is 21.1. The number of pyridine rings is 2. The highest BCUT2D eigenvalue weighted by Gasteiger charge is 2.17. The SMILES string of the molecule is COc1cc(F)cc(-c2ccnc3nc(-c4n[nH]c5cnc(-c6cnn(C)c6)cc45)[nH]c23)c1. The van der Waals surface area contributed by atoms with Crippen LogP contribution < -0.4 is 4.74 Å². The molecule has 0 bridgehead atoms. The van der Waals surface area contributed by atoms with Crippen molar-refractivity contribution in [1.82, 2.24) is 39.9 Å². The molecule has 0 radical (unpaired) electrons. The van der Waals surface area contributed by atoms with Crippen LogP contribution in [0.2, 0.25) is 0 Å². The predicted molar refractivity (Wildman–Crippen MR) is 121 cm³/mol. The number of methoxy groups -OCH3 is 1.